The molecule has 0 fully saturated rings. The molecule has 1 rings (SSSR count). The Bertz CT molecular complexity index is 328. The maximum Gasteiger partial charge on any atom is 0.148 e. The van der Waals surface area contributed by atoms with Gasteiger partial charge >= 0.3 is 0 Å². The Kier molecular flexibility index (Phi) is 4.56. The van der Waals surface area contributed by atoms with E-state index in [1.807, 2.05) is 6.92 Å². The Morgan fingerprint density at radius 2 is 2.33 bits per heavy atom. The maximum atomic E-state index is 7.30. The second kappa shape index (κ2) is 5.98. The summed E-state index contributed by atoms with van der Waals surface area (Å²) in [6, 6.07) is 3.47. The lowest BCUT2D eigenvalue weighted by molar-refractivity contribution is 0.110. The summed E-state index contributed by atoms with van der Waals surface area (Å²) in [6.45, 7) is 3.53. The van der Waals surface area contributed by atoms with Gasteiger partial charge < -0.3 is 15.2 Å². The lowest BCUT2D eigenvalue weighted by Crippen LogP contribution is -2.16. The lowest BCUT2D eigenvalue weighted by Gasteiger charge is -2.09. The number of amidine groups is 1. The summed E-state index contributed by atoms with van der Waals surface area (Å²) in [7, 11) is 0. The molecule has 82 valence electrons. The summed E-state index contributed by atoms with van der Waals surface area (Å²) in [4.78, 5) is 3.96. The SMILES string of the molecule is CCOCCOc1cccnc1C(=N)N. The second-order valence-corrected chi connectivity index (χ2v) is 2.81. The summed E-state index contributed by atoms with van der Waals surface area (Å²) < 4.78 is 10.5. The monoisotopic (exact) mass is 209 g/mol. The molecule has 3 N–H and O–H groups in total. The van der Waals surface area contributed by atoms with Crippen molar-refractivity contribution in [1.82, 2.24) is 4.98 Å². The van der Waals surface area contributed by atoms with Crippen LogP contribution in [0.5, 0.6) is 5.75 Å². The predicted molar refractivity (Wildman–Crippen MR) is 57.2 cm³/mol. The molecule has 0 aliphatic rings. The highest BCUT2D eigenvalue weighted by Crippen LogP contribution is 2.13. The number of nitrogens with two attached hydrogens (primary N) is 1. The first-order valence-electron chi connectivity index (χ1n) is 4.75. The number of nitrogen functional groups attached to an aromatic ring is 1. The summed E-state index contributed by atoms with van der Waals surface area (Å²) in [6.07, 6.45) is 1.58. The van der Waals surface area contributed by atoms with Crippen LogP contribution in [0.3, 0.4) is 0 Å². The Morgan fingerprint density at radius 1 is 1.53 bits per heavy atom. The van der Waals surface area contributed by atoms with Gasteiger partial charge in [-0.3, -0.25) is 5.41 Å². The summed E-state index contributed by atoms with van der Waals surface area (Å²) >= 11 is 0. The van der Waals surface area contributed by atoms with Crippen LogP contribution in [0, 0.1) is 5.41 Å². The largest absolute Gasteiger partial charge is 0.489 e. The van der Waals surface area contributed by atoms with E-state index >= 15 is 0 Å². The molecule has 0 aliphatic carbocycles. The van der Waals surface area contributed by atoms with Gasteiger partial charge in [-0.25, -0.2) is 4.98 Å². The fourth-order valence-electron chi connectivity index (χ4n) is 1.06. The van der Waals surface area contributed by atoms with Gasteiger partial charge in [-0.05, 0) is 19.1 Å². The zero-order chi connectivity index (χ0) is 11.1. The minimum Gasteiger partial charge on any atom is -0.489 e. The molecule has 0 saturated heterocycles. The number of hydrogen-bond donors (Lipinski definition) is 2. The third-order valence-corrected chi connectivity index (χ3v) is 1.72. The molecular weight excluding hydrogens is 194 g/mol. The van der Waals surface area contributed by atoms with Gasteiger partial charge in [-0.1, -0.05) is 0 Å². The zero-order valence-corrected chi connectivity index (χ0v) is 8.69. The number of ether oxygens (including phenoxy) is 2. The van der Waals surface area contributed by atoms with E-state index < -0.39 is 0 Å². The second-order valence-electron chi connectivity index (χ2n) is 2.81. The summed E-state index contributed by atoms with van der Waals surface area (Å²) in [5.74, 6) is 0.423. The van der Waals surface area contributed by atoms with Gasteiger partial charge in [0.05, 0.1) is 6.61 Å². The predicted octanol–water partition coefficient (Wildman–Crippen LogP) is 0.781. The van der Waals surface area contributed by atoms with Crippen molar-refractivity contribution < 1.29 is 9.47 Å². The Morgan fingerprint density at radius 3 is 3.00 bits per heavy atom. The van der Waals surface area contributed by atoms with Crippen LogP contribution in [0.2, 0.25) is 0 Å². The molecule has 0 atom stereocenters. The van der Waals surface area contributed by atoms with E-state index in [1.54, 1.807) is 18.3 Å². The Labute approximate surface area is 88.7 Å². The molecule has 0 unspecified atom stereocenters. The van der Waals surface area contributed by atoms with Crippen LogP contribution < -0.4 is 10.5 Å². The van der Waals surface area contributed by atoms with E-state index in [1.165, 1.54) is 0 Å². The van der Waals surface area contributed by atoms with E-state index in [9.17, 15) is 0 Å². The molecule has 1 aromatic rings. The Balaban J connectivity index is 2.56. The van der Waals surface area contributed by atoms with Gasteiger partial charge in [-0.2, -0.15) is 0 Å². The molecule has 0 aromatic carbocycles. The number of nitrogens with one attached hydrogen (secondary N) is 1. The molecule has 5 nitrogen and oxygen atoms in total. The maximum absolute atomic E-state index is 7.30. The van der Waals surface area contributed by atoms with Crippen molar-refractivity contribution in [3.63, 3.8) is 0 Å². The quantitative estimate of drug-likeness (QED) is 0.412. The van der Waals surface area contributed by atoms with Crippen molar-refractivity contribution in [2.75, 3.05) is 19.8 Å². The van der Waals surface area contributed by atoms with Gasteiger partial charge in [0, 0.05) is 12.8 Å². The molecule has 15 heavy (non-hydrogen) atoms. The lowest BCUT2D eigenvalue weighted by atomic mass is 10.3. The van der Waals surface area contributed by atoms with Crippen molar-refractivity contribution in [1.29, 1.82) is 5.41 Å². The minimum atomic E-state index is -0.0954. The van der Waals surface area contributed by atoms with E-state index in [-0.39, 0.29) is 5.84 Å². The number of aromatic nitrogens is 1. The van der Waals surface area contributed by atoms with E-state index in [2.05, 4.69) is 4.98 Å². The number of pyridine rings is 1. The third kappa shape index (κ3) is 3.55. The molecule has 0 bridgehead atoms. The van der Waals surface area contributed by atoms with E-state index in [0.29, 0.717) is 31.3 Å². The molecule has 1 aromatic heterocycles. The summed E-state index contributed by atoms with van der Waals surface area (Å²) in [5.41, 5.74) is 5.72. The average molecular weight is 209 g/mol. The number of nitrogens with zero attached hydrogens (tertiary/aromatic N) is 1. The molecular formula is C10H15N3O2. The topological polar surface area (TPSA) is 81.2 Å². The van der Waals surface area contributed by atoms with Gasteiger partial charge in [0.15, 0.2) is 0 Å². The minimum absolute atomic E-state index is 0.0954. The van der Waals surface area contributed by atoms with Crippen LogP contribution in [-0.2, 0) is 4.74 Å². The Hall–Kier alpha value is -1.62. The smallest absolute Gasteiger partial charge is 0.148 e. The van der Waals surface area contributed by atoms with Crippen LogP contribution in [0.1, 0.15) is 12.6 Å². The molecule has 0 saturated carbocycles. The van der Waals surface area contributed by atoms with Gasteiger partial charge in [0.25, 0.3) is 0 Å². The van der Waals surface area contributed by atoms with Gasteiger partial charge in [-0.15, -0.1) is 0 Å². The highest BCUT2D eigenvalue weighted by atomic mass is 16.5. The van der Waals surface area contributed by atoms with E-state index in [0.717, 1.165) is 0 Å². The molecule has 0 radical (unpaired) electrons. The van der Waals surface area contributed by atoms with Crippen molar-refractivity contribution in [3.8, 4) is 5.75 Å². The molecule has 0 spiro atoms. The van der Waals surface area contributed by atoms with Crippen LogP contribution in [0.4, 0.5) is 0 Å². The van der Waals surface area contributed by atoms with Crippen molar-refractivity contribution >= 4 is 5.84 Å². The first-order valence-corrected chi connectivity index (χ1v) is 4.75. The fraction of sp³-hybridized carbons (Fsp3) is 0.400. The molecule has 0 aliphatic heterocycles. The highest BCUT2D eigenvalue weighted by molar-refractivity contribution is 5.95. The van der Waals surface area contributed by atoms with Crippen LogP contribution in [-0.4, -0.2) is 30.6 Å². The first-order chi connectivity index (χ1) is 7.25. The van der Waals surface area contributed by atoms with Crippen LogP contribution >= 0.6 is 0 Å². The van der Waals surface area contributed by atoms with E-state index in [4.69, 9.17) is 20.6 Å². The van der Waals surface area contributed by atoms with Crippen LogP contribution in [0.15, 0.2) is 18.3 Å². The van der Waals surface area contributed by atoms with Crippen molar-refractivity contribution in [2.45, 2.75) is 6.92 Å². The third-order valence-electron chi connectivity index (χ3n) is 1.72. The summed E-state index contributed by atoms with van der Waals surface area (Å²) in [5, 5.41) is 7.30. The van der Waals surface area contributed by atoms with Gasteiger partial charge in [0.2, 0.25) is 0 Å². The molecule has 1 heterocycles. The van der Waals surface area contributed by atoms with Gasteiger partial charge in [0.1, 0.15) is 23.9 Å². The van der Waals surface area contributed by atoms with Crippen molar-refractivity contribution in [2.24, 2.45) is 5.73 Å². The fourth-order valence-corrected chi connectivity index (χ4v) is 1.06. The standard InChI is InChI=1S/C10H15N3O2/c1-2-14-6-7-15-8-4-3-5-13-9(8)10(11)12/h3-5H,2,6-7H2,1H3,(H3,11,12). The zero-order valence-electron chi connectivity index (χ0n) is 8.69. The van der Waals surface area contributed by atoms with Crippen molar-refractivity contribution in [3.05, 3.63) is 24.0 Å². The number of hydrogen-bond acceptors (Lipinski definition) is 4. The molecule has 5 heteroatoms. The average Bonchev–Trinajstić information content (AvgIpc) is 2.25. The normalized spacial score (nSPS) is 9.93. The highest BCUT2D eigenvalue weighted by Gasteiger charge is 2.06. The molecule has 0 amide bonds. The number of rotatable bonds is 6. The first kappa shape index (κ1) is 11.5. The van der Waals surface area contributed by atoms with Crippen LogP contribution in [0.25, 0.3) is 0 Å².